The molecule has 0 aliphatic carbocycles. The Bertz CT molecular complexity index is 618. The number of carbonyl (C=O) groups excluding carboxylic acids is 1. The van der Waals surface area contributed by atoms with Gasteiger partial charge in [0, 0.05) is 10.6 Å². The summed E-state index contributed by atoms with van der Waals surface area (Å²) in [6.07, 6.45) is -0.115. The van der Waals surface area contributed by atoms with Crippen molar-refractivity contribution < 1.29 is 19.0 Å². The van der Waals surface area contributed by atoms with E-state index in [1.807, 2.05) is 0 Å². The van der Waals surface area contributed by atoms with Crippen molar-refractivity contribution >= 4 is 23.3 Å². The zero-order valence-electron chi connectivity index (χ0n) is 11.2. The molecule has 0 aromatic heterocycles. The fraction of sp³-hybridized carbons (Fsp3) is 0.286. The van der Waals surface area contributed by atoms with Crippen LogP contribution in [0.25, 0.3) is 0 Å². The molecule has 2 rings (SSSR count). The monoisotopic (exact) mass is 312 g/mol. The summed E-state index contributed by atoms with van der Waals surface area (Å²) in [4.78, 5) is 11.7. The predicted molar refractivity (Wildman–Crippen MR) is 75.7 cm³/mol. The second-order valence-electron chi connectivity index (χ2n) is 4.44. The van der Waals surface area contributed by atoms with Gasteiger partial charge in [0.05, 0.1) is 18.4 Å². The van der Waals surface area contributed by atoms with Crippen LogP contribution in [0.5, 0.6) is 0 Å². The molecule has 112 valence electrons. The SMILES string of the molecule is CCOC(=O)C1=CC(O)C(=N)C(c2ccc(Cl)cc2F)N1. The van der Waals surface area contributed by atoms with E-state index in [0.29, 0.717) is 0 Å². The molecule has 1 aliphatic rings. The van der Waals surface area contributed by atoms with Gasteiger partial charge in [-0.2, -0.15) is 0 Å². The van der Waals surface area contributed by atoms with Crippen LogP contribution < -0.4 is 5.32 Å². The molecule has 1 aliphatic heterocycles. The van der Waals surface area contributed by atoms with Gasteiger partial charge in [0.2, 0.25) is 0 Å². The van der Waals surface area contributed by atoms with Crippen LogP contribution in [0.15, 0.2) is 30.0 Å². The summed E-state index contributed by atoms with van der Waals surface area (Å²) in [5.74, 6) is -1.29. The molecular weight excluding hydrogens is 299 g/mol. The van der Waals surface area contributed by atoms with Crippen molar-refractivity contribution in [3.63, 3.8) is 0 Å². The summed E-state index contributed by atoms with van der Waals surface area (Å²) in [6.45, 7) is 1.82. The molecule has 5 nitrogen and oxygen atoms in total. The Hall–Kier alpha value is -1.92. The molecule has 1 aromatic rings. The minimum absolute atomic E-state index is 0.000278. The van der Waals surface area contributed by atoms with Crippen molar-refractivity contribution in [2.75, 3.05) is 6.61 Å². The lowest BCUT2D eigenvalue weighted by molar-refractivity contribution is -0.139. The molecule has 0 fully saturated rings. The van der Waals surface area contributed by atoms with E-state index in [0.717, 1.165) is 6.07 Å². The quantitative estimate of drug-likeness (QED) is 0.745. The van der Waals surface area contributed by atoms with Crippen LogP contribution in [0.2, 0.25) is 5.02 Å². The van der Waals surface area contributed by atoms with E-state index in [1.54, 1.807) is 6.92 Å². The Morgan fingerprint density at radius 1 is 1.57 bits per heavy atom. The number of halogens is 2. The first-order valence-corrected chi connectivity index (χ1v) is 6.68. The lowest BCUT2D eigenvalue weighted by Crippen LogP contribution is -2.42. The van der Waals surface area contributed by atoms with Gasteiger partial charge in [0.25, 0.3) is 0 Å². The van der Waals surface area contributed by atoms with Gasteiger partial charge >= 0.3 is 5.97 Å². The predicted octanol–water partition coefficient (Wildman–Crippen LogP) is 1.95. The zero-order valence-corrected chi connectivity index (χ0v) is 11.9. The zero-order chi connectivity index (χ0) is 15.6. The highest BCUT2D eigenvalue weighted by atomic mass is 35.5. The third kappa shape index (κ3) is 3.22. The second-order valence-corrected chi connectivity index (χ2v) is 4.88. The van der Waals surface area contributed by atoms with Crippen molar-refractivity contribution in [1.82, 2.24) is 5.32 Å². The largest absolute Gasteiger partial charge is 0.461 e. The van der Waals surface area contributed by atoms with Crippen LogP contribution in [0.3, 0.4) is 0 Å². The molecule has 1 aromatic carbocycles. The van der Waals surface area contributed by atoms with Gasteiger partial charge in [-0.3, -0.25) is 0 Å². The van der Waals surface area contributed by atoms with Crippen LogP contribution in [0.1, 0.15) is 18.5 Å². The maximum absolute atomic E-state index is 14.0. The fourth-order valence-corrected chi connectivity index (χ4v) is 2.18. The van der Waals surface area contributed by atoms with Gasteiger partial charge < -0.3 is 20.6 Å². The standard InChI is InChI=1S/C14H14ClFN2O3/c1-2-21-14(20)10-6-11(19)12(17)13(18-10)8-4-3-7(15)5-9(8)16/h3-6,11,13,17-19H,2H2,1H3. The molecular formula is C14H14ClFN2O3. The van der Waals surface area contributed by atoms with Crippen molar-refractivity contribution in [2.24, 2.45) is 0 Å². The van der Waals surface area contributed by atoms with Crippen LogP contribution in [0, 0.1) is 11.2 Å². The number of hydrogen-bond acceptors (Lipinski definition) is 5. The van der Waals surface area contributed by atoms with Crippen molar-refractivity contribution in [3.05, 3.63) is 46.4 Å². The number of rotatable bonds is 3. The van der Waals surface area contributed by atoms with Gasteiger partial charge in [0.1, 0.15) is 17.6 Å². The third-order valence-electron chi connectivity index (χ3n) is 3.02. The van der Waals surface area contributed by atoms with E-state index in [-0.39, 0.29) is 28.6 Å². The topological polar surface area (TPSA) is 82.4 Å². The molecule has 1 heterocycles. The lowest BCUT2D eigenvalue weighted by Gasteiger charge is -2.29. The number of carbonyl (C=O) groups is 1. The maximum Gasteiger partial charge on any atom is 0.354 e. The molecule has 0 radical (unpaired) electrons. The molecule has 7 heteroatoms. The summed E-state index contributed by atoms with van der Waals surface area (Å²) in [6, 6.07) is 3.04. The summed E-state index contributed by atoms with van der Waals surface area (Å²) in [7, 11) is 0. The van der Waals surface area contributed by atoms with Crippen molar-refractivity contribution in [2.45, 2.75) is 19.1 Å². The number of hydrogen-bond donors (Lipinski definition) is 3. The molecule has 2 unspecified atom stereocenters. The Morgan fingerprint density at radius 3 is 2.90 bits per heavy atom. The minimum Gasteiger partial charge on any atom is -0.461 e. The van der Waals surface area contributed by atoms with E-state index in [1.165, 1.54) is 18.2 Å². The summed E-state index contributed by atoms with van der Waals surface area (Å²) in [5, 5.41) is 20.6. The molecule has 0 amide bonds. The van der Waals surface area contributed by atoms with Gasteiger partial charge in [-0.25, -0.2) is 9.18 Å². The van der Waals surface area contributed by atoms with Crippen molar-refractivity contribution in [3.8, 4) is 0 Å². The fourth-order valence-electron chi connectivity index (χ4n) is 2.02. The second kappa shape index (κ2) is 6.24. The van der Waals surface area contributed by atoms with Gasteiger partial charge in [-0.05, 0) is 25.1 Å². The van der Waals surface area contributed by atoms with Crippen molar-refractivity contribution in [1.29, 1.82) is 5.41 Å². The Kier molecular flexibility index (Phi) is 4.59. The van der Waals surface area contributed by atoms with Crippen LogP contribution in [-0.4, -0.2) is 29.5 Å². The smallest absolute Gasteiger partial charge is 0.354 e. The lowest BCUT2D eigenvalue weighted by atomic mass is 9.94. The van der Waals surface area contributed by atoms with Gasteiger partial charge in [-0.1, -0.05) is 17.7 Å². The van der Waals surface area contributed by atoms with Gasteiger partial charge in [-0.15, -0.1) is 0 Å². The number of ether oxygens (including phenoxy) is 1. The summed E-state index contributed by atoms with van der Waals surface area (Å²) >= 11 is 5.69. The third-order valence-corrected chi connectivity index (χ3v) is 3.26. The summed E-state index contributed by atoms with van der Waals surface area (Å²) < 4.78 is 18.8. The number of esters is 1. The Balaban J connectivity index is 2.34. The highest BCUT2D eigenvalue weighted by Crippen LogP contribution is 2.26. The van der Waals surface area contributed by atoms with Gasteiger partial charge in [0.15, 0.2) is 0 Å². The number of aliphatic hydroxyl groups is 1. The van der Waals surface area contributed by atoms with E-state index in [2.05, 4.69) is 5.32 Å². The highest BCUT2D eigenvalue weighted by molar-refractivity contribution is 6.30. The summed E-state index contributed by atoms with van der Waals surface area (Å²) in [5.41, 5.74) is -0.0395. The van der Waals surface area contributed by atoms with E-state index < -0.39 is 23.9 Å². The van der Waals surface area contributed by atoms with Crippen LogP contribution >= 0.6 is 11.6 Å². The van der Waals surface area contributed by atoms with Crippen LogP contribution in [-0.2, 0) is 9.53 Å². The average Bonchev–Trinajstić information content (AvgIpc) is 2.42. The van der Waals surface area contributed by atoms with E-state index in [9.17, 15) is 14.3 Å². The Morgan fingerprint density at radius 2 is 2.29 bits per heavy atom. The number of benzene rings is 1. The first kappa shape index (κ1) is 15.5. The highest BCUT2D eigenvalue weighted by Gasteiger charge is 2.32. The first-order valence-electron chi connectivity index (χ1n) is 6.30. The minimum atomic E-state index is -1.29. The molecule has 0 bridgehead atoms. The Labute approximate surface area is 125 Å². The first-order chi connectivity index (χ1) is 9.93. The normalized spacial score (nSPS) is 21.5. The molecule has 0 saturated carbocycles. The van der Waals surface area contributed by atoms with E-state index in [4.69, 9.17) is 21.7 Å². The molecule has 3 N–H and O–H groups in total. The molecule has 0 saturated heterocycles. The van der Waals surface area contributed by atoms with Crippen LogP contribution in [0.4, 0.5) is 4.39 Å². The number of nitrogens with one attached hydrogen (secondary N) is 2. The molecule has 2 atom stereocenters. The van der Waals surface area contributed by atoms with E-state index >= 15 is 0 Å². The average molecular weight is 313 g/mol. The molecule has 0 spiro atoms. The molecule has 21 heavy (non-hydrogen) atoms. The number of aliphatic hydroxyl groups excluding tert-OH is 1. The maximum atomic E-state index is 14.0.